The summed E-state index contributed by atoms with van der Waals surface area (Å²) < 4.78 is 0. The van der Waals surface area contributed by atoms with Gasteiger partial charge in [0.25, 0.3) is 5.91 Å². The smallest absolute Gasteiger partial charge is 0.303 e. The van der Waals surface area contributed by atoms with E-state index in [-0.39, 0.29) is 12.3 Å². The highest BCUT2D eigenvalue weighted by Crippen LogP contribution is 2.25. The number of nitrogens with zero attached hydrogens (tertiary/aromatic N) is 1. The molecule has 0 saturated carbocycles. The van der Waals surface area contributed by atoms with Gasteiger partial charge < -0.3 is 15.0 Å². The monoisotopic (exact) mass is 300 g/mol. The fourth-order valence-corrected chi connectivity index (χ4v) is 3.25. The van der Waals surface area contributed by atoms with Gasteiger partial charge in [-0.2, -0.15) is 0 Å². The van der Waals surface area contributed by atoms with Gasteiger partial charge in [0.05, 0.1) is 0 Å². The number of fused-ring (bicyclic) bond motifs is 1. The zero-order valence-electron chi connectivity index (χ0n) is 12.4. The zero-order chi connectivity index (χ0) is 15.5. The van der Waals surface area contributed by atoms with Crippen LogP contribution in [0.1, 0.15) is 36.0 Å². The number of hydrogen-bond donors (Lipinski definition) is 2. The van der Waals surface area contributed by atoms with Crippen molar-refractivity contribution < 1.29 is 14.7 Å². The van der Waals surface area contributed by atoms with E-state index >= 15 is 0 Å². The van der Waals surface area contributed by atoms with Crippen LogP contribution in [-0.2, 0) is 4.79 Å². The number of carbonyl (C=O) groups excluding carboxylic acids is 1. The number of aromatic nitrogens is 1. The van der Waals surface area contributed by atoms with Crippen molar-refractivity contribution in [2.75, 3.05) is 13.1 Å². The molecule has 1 fully saturated rings. The molecule has 1 amide bonds. The SMILES string of the molecule is O=C(O)CC[C@H]1CCCN(C(=O)c2cccc3[nH]ccc23)C1. The molecule has 0 bridgehead atoms. The summed E-state index contributed by atoms with van der Waals surface area (Å²) in [4.78, 5) is 28.5. The number of nitrogens with one attached hydrogen (secondary N) is 1. The minimum Gasteiger partial charge on any atom is -0.481 e. The average molecular weight is 300 g/mol. The van der Waals surface area contributed by atoms with Crippen LogP contribution in [0, 0.1) is 5.92 Å². The first-order chi connectivity index (χ1) is 10.6. The molecule has 2 heterocycles. The summed E-state index contributed by atoms with van der Waals surface area (Å²) in [5.41, 5.74) is 1.68. The average Bonchev–Trinajstić information content (AvgIpc) is 3.01. The van der Waals surface area contributed by atoms with Crippen LogP contribution >= 0.6 is 0 Å². The van der Waals surface area contributed by atoms with E-state index in [0.717, 1.165) is 35.9 Å². The largest absolute Gasteiger partial charge is 0.481 e. The molecule has 1 saturated heterocycles. The Morgan fingerprint density at radius 1 is 1.32 bits per heavy atom. The normalized spacial score (nSPS) is 18.5. The third-order valence-electron chi connectivity index (χ3n) is 4.40. The topological polar surface area (TPSA) is 73.4 Å². The van der Waals surface area contributed by atoms with E-state index in [1.807, 2.05) is 35.4 Å². The number of rotatable bonds is 4. The van der Waals surface area contributed by atoms with Crippen molar-refractivity contribution in [3.8, 4) is 0 Å². The summed E-state index contributed by atoms with van der Waals surface area (Å²) >= 11 is 0. The Balaban J connectivity index is 1.74. The number of hydrogen-bond acceptors (Lipinski definition) is 2. The minimum absolute atomic E-state index is 0.0465. The fraction of sp³-hybridized carbons (Fsp3) is 0.412. The highest BCUT2D eigenvalue weighted by atomic mass is 16.4. The Hall–Kier alpha value is -2.30. The Morgan fingerprint density at radius 3 is 3.00 bits per heavy atom. The first-order valence-corrected chi connectivity index (χ1v) is 7.72. The summed E-state index contributed by atoms with van der Waals surface area (Å²) in [7, 11) is 0. The molecular weight excluding hydrogens is 280 g/mol. The molecule has 5 heteroatoms. The minimum atomic E-state index is -0.763. The van der Waals surface area contributed by atoms with Crippen LogP contribution in [0.15, 0.2) is 30.5 Å². The molecule has 5 nitrogen and oxygen atoms in total. The summed E-state index contributed by atoms with van der Waals surface area (Å²) in [6.45, 7) is 1.41. The molecule has 1 aromatic heterocycles. The van der Waals surface area contributed by atoms with Crippen molar-refractivity contribution in [3.63, 3.8) is 0 Å². The number of amides is 1. The standard InChI is InChI=1S/C17H20N2O3/c20-16(21)7-6-12-3-2-10-19(11-12)17(22)14-4-1-5-15-13(14)8-9-18-15/h1,4-5,8-9,12,18H,2-3,6-7,10-11H2,(H,20,21)/t12-/m1/s1. The lowest BCUT2D eigenvalue weighted by molar-refractivity contribution is -0.137. The van der Waals surface area contributed by atoms with E-state index in [1.165, 1.54) is 0 Å². The molecule has 0 unspecified atom stereocenters. The van der Waals surface area contributed by atoms with E-state index in [9.17, 15) is 9.59 Å². The van der Waals surface area contributed by atoms with Gasteiger partial charge in [-0.3, -0.25) is 9.59 Å². The molecule has 1 aromatic carbocycles. The number of aromatic amines is 1. The molecule has 1 aliphatic heterocycles. The maximum atomic E-state index is 12.8. The first kappa shape index (κ1) is 14.6. The van der Waals surface area contributed by atoms with Crippen molar-refractivity contribution in [2.24, 2.45) is 5.92 Å². The molecule has 1 aliphatic rings. The highest BCUT2D eigenvalue weighted by molar-refractivity contribution is 6.06. The number of piperidine rings is 1. The van der Waals surface area contributed by atoms with E-state index in [4.69, 9.17) is 5.11 Å². The Labute approximate surface area is 128 Å². The van der Waals surface area contributed by atoms with Crippen molar-refractivity contribution in [2.45, 2.75) is 25.7 Å². The van der Waals surface area contributed by atoms with Crippen molar-refractivity contribution in [3.05, 3.63) is 36.0 Å². The van der Waals surface area contributed by atoms with Gasteiger partial charge in [-0.05, 0) is 43.4 Å². The van der Waals surface area contributed by atoms with Gasteiger partial charge in [-0.15, -0.1) is 0 Å². The number of aliphatic carboxylic acids is 1. The van der Waals surface area contributed by atoms with E-state index in [2.05, 4.69) is 4.98 Å². The summed E-state index contributed by atoms with van der Waals surface area (Å²) in [5.74, 6) is -0.426. The van der Waals surface area contributed by atoms with Crippen molar-refractivity contribution in [1.29, 1.82) is 0 Å². The lowest BCUT2D eigenvalue weighted by Gasteiger charge is -2.32. The van der Waals surface area contributed by atoms with Gasteiger partial charge in [0.1, 0.15) is 0 Å². The predicted molar refractivity (Wildman–Crippen MR) is 83.8 cm³/mol. The molecule has 22 heavy (non-hydrogen) atoms. The first-order valence-electron chi connectivity index (χ1n) is 7.72. The second kappa shape index (κ2) is 6.22. The van der Waals surface area contributed by atoms with Gasteiger partial charge in [-0.25, -0.2) is 0 Å². The second-order valence-corrected chi connectivity index (χ2v) is 5.94. The van der Waals surface area contributed by atoms with Crippen LogP contribution in [0.5, 0.6) is 0 Å². The maximum absolute atomic E-state index is 12.8. The number of likely N-dealkylation sites (tertiary alicyclic amines) is 1. The molecule has 2 N–H and O–H groups in total. The van der Waals surface area contributed by atoms with Crippen molar-refractivity contribution >= 4 is 22.8 Å². The van der Waals surface area contributed by atoms with Crippen LogP contribution < -0.4 is 0 Å². The highest BCUT2D eigenvalue weighted by Gasteiger charge is 2.25. The summed E-state index contributed by atoms with van der Waals surface area (Å²) in [5, 5.41) is 9.75. The number of benzene rings is 1. The van der Waals surface area contributed by atoms with Crippen LogP contribution in [0.3, 0.4) is 0 Å². The summed E-state index contributed by atoms with van der Waals surface area (Å²) in [6.07, 6.45) is 4.62. The molecule has 2 aromatic rings. The lowest BCUT2D eigenvalue weighted by Crippen LogP contribution is -2.40. The maximum Gasteiger partial charge on any atom is 0.303 e. The van der Waals surface area contributed by atoms with Crippen molar-refractivity contribution in [1.82, 2.24) is 9.88 Å². The Bertz CT molecular complexity index is 692. The van der Waals surface area contributed by atoms with Gasteiger partial charge in [-0.1, -0.05) is 6.07 Å². The summed E-state index contributed by atoms with van der Waals surface area (Å²) in [6, 6.07) is 7.63. The molecular formula is C17H20N2O3. The third-order valence-corrected chi connectivity index (χ3v) is 4.40. The molecule has 0 radical (unpaired) electrons. The zero-order valence-corrected chi connectivity index (χ0v) is 12.4. The van der Waals surface area contributed by atoms with E-state index < -0.39 is 5.97 Å². The second-order valence-electron chi connectivity index (χ2n) is 5.94. The molecule has 0 spiro atoms. The molecule has 116 valence electrons. The Morgan fingerprint density at radius 2 is 2.18 bits per heavy atom. The van der Waals surface area contributed by atoms with Crippen LogP contribution in [0.2, 0.25) is 0 Å². The number of carboxylic acids is 1. The van der Waals surface area contributed by atoms with Crippen LogP contribution in [-0.4, -0.2) is 40.0 Å². The number of carboxylic acid groups (broad SMARTS) is 1. The quantitative estimate of drug-likeness (QED) is 0.912. The van der Waals surface area contributed by atoms with Gasteiger partial charge >= 0.3 is 5.97 Å². The Kier molecular flexibility index (Phi) is 4.13. The fourth-order valence-electron chi connectivity index (χ4n) is 3.25. The lowest BCUT2D eigenvalue weighted by atomic mass is 9.93. The van der Waals surface area contributed by atoms with Gasteiger partial charge in [0.15, 0.2) is 0 Å². The van der Waals surface area contributed by atoms with E-state index in [1.54, 1.807) is 0 Å². The van der Waals surface area contributed by atoms with Crippen LogP contribution in [0.25, 0.3) is 10.9 Å². The third kappa shape index (κ3) is 2.98. The van der Waals surface area contributed by atoms with E-state index in [0.29, 0.717) is 18.9 Å². The van der Waals surface area contributed by atoms with Gasteiger partial charge in [0, 0.05) is 42.2 Å². The van der Waals surface area contributed by atoms with Gasteiger partial charge in [0.2, 0.25) is 0 Å². The molecule has 3 rings (SSSR count). The molecule has 1 atom stereocenters. The van der Waals surface area contributed by atoms with Crippen LogP contribution in [0.4, 0.5) is 0 Å². The molecule has 0 aliphatic carbocycles. The number of carbonyl (C=O) groups is 2. The number of H-pyrrole nitrogens is 1. The predicted octanol–water partition coefficient (Wildman–Crippen LogP) is 2.88.